The zero-order valence-electron chi connectivity index (χ0n) is 13.7. The number of nitro benzene ring substituents is 1. The zero-order chi connectivity index (χ0) is 20.2. The molecule has 10 heteroatoms. The summed E-state index contributed by atoms with van der Waals surface area (Å²) in [6.45, 7) is 0. The van der Waals surface area contributed by atoms with E-state index in [4.69, 9.17) is 5.73 Å². The van der Waals surface area contributed by atoms with E-state index in [1.54, 1.807) is 0 Å². The lowest BCUT2D eigenvalue weighted by atomic mass is 10.0. The topological polar surface area (TPSA) is 115 Å². The number of amides is 2. The minimum Gasteiger partial charge on any atom is -0.368 e. The lowest BCUT2D eigenvalue weighted by Gasteiger charge is -2.18. The smallest absolute Gasteiger partial charge is 0.368 e. The Kier molecular flexibility index (Phi) is 5.78. The van der Waals surface area contributed by atoms with Crippen molar-refractivity contribution in [3.8, 4) is 0 Å². The molecule has 2 aromatic rings. The number of alkyl halides is 3. The van der Waals surface area contributed by atoms with Gasteiger partial charge in [-0.15, -0.1) is 0 Å². The summed E-state index contributed by atoms with van der Waals surface area (Å²) in [5.74, 6) is -2.06. The number of non-ortho nitro benzene ring substituents is 1. The molecule has 0 aliphatic rings. The molecule has 0 aromatic heterocycles. The Morgan fingerprint density at radius 2 is 1.70 bits per heavy atom. The molecular formula is C17H14F3N3O4. The standard InChI is InChI=1S/C17H14F3N3O4/c18-17(19,20)13-4-2-1-3-12(13)16(25)22-14(15(21)24)9-10-5-7-11(8-6-10)23(26)27/h1-8,14H,9H2,(H2,21,24)(H,22,25)/t14-/m1/s1. The molecule has 0 heterocycles. The van der Waals surface area contributed by atoms with E-state index >= 15 is 0 Å². The number of carbonyl (C=O) groups excluding carboxylic acids is 2. The molecule has 2 rings (SSSR count). The molecule has 2 amide bonds. The highest BCUT2D eigenvalue weighted by molar-refractivity contribution is 5.98. The van der Waals surface area contributed by atoms with Crippen LogP contribution in [-0.4, -0.2) is 22.8 Å². The van der Waals surface area contributed by atoms with E-state index in [9.17, 15) is 32.9 Å². The summed E-state index contributed by atoms with van der Waals surface area (Å²) in [6.07, 6.45) is -4.87. The predicted octanol–water partition coefficient (Wildman–Crippen LogP) is 2.44. The van der Waals surface area contributed by atoms with Gasteiger partial charge in [0.1, 0.15) is 6.04 Å². The van der Waals surface area contributed by atoms with Crippen molar-refractivity contribution in [2.24, 2.45) is 5.73 Å². The van der Waals surface area contributed by atoms with Crippen LogP contribution >= 0.6 is 0 Å². The lowest BCUT2D eigenvalue weighted by molar-refractivity contribution is -0.384. The van der Waals surface area contributed by atoms with Gasteiger partial charge in [0.05, 0.1) is 16.1 Å². The molecule has 0 fully saturated rings. The second-order valence-corrected chi connectivity index (χ2v) is 5.60. The van der Waals surface area contributed by atoms with Crippen LogP contribution in [0.25, 0.3) is 0 Å². The summed E-state index contributed by atoms with van der Waals surface area (Å²) < 4.78 is 39.1. The molecule has 0 aliphatic carbocycles. The van der Waals surface area contributed by atoms with Gasteiger partial charge in [-0.3, -0.25) is 19.7 Å². The minimum absolute atomic E-state index is 0.132. The molecule has 2 aromatic carbocycles. The van der Waals surface area contributed by atoms with Crippen LogP contribution < -0.4 is 11.1 Å². The van der Waals surface area contributed by atoms with Crippen LogP contribution in [0.1, 0.15) is 21.5 Å². The van der Waals surface area contributed by atoms with Crippen molar-refractivity contribution in [2.45, 2.75) is 18.6 Å². The largest absolute Gasteiger partial charge is 0.417 e. The minimum atomic E-state index is -4.74. The maximum absolute atomic E-state index is 13.0. The van der Waals surface area contributed by atoms with Crippen molar-refractivity contribution < 1.29 is 27.7 Å². The second kappa shape index (κ2) is 7.85. The molecule has 3 N–H and O–H groups in total. The van der Waals surface area contributed by atoms with E-state index in [1.165, 1.54) is 30.3 Å². The summed E-state index contributed by atoms with van der Waals surface area (Å²) in [4.78, 5) is 33.9. The van der Waals surface area contributed by atoms with Gasteiger partial charge in [0.25, 0.3) is 11.6 Å². The summed E-state index contributed by atoms with van der Waals surface area (Å²) in [5.41, 5.74) is 3.72. The number of hydrogen-bond donors (Lipinski definition) is 2. The molecule has 0 radical (unpaired) electrons. The van der Waals surface area contributed by atoms with E-state index in [0.29, 0.717) is 5.56 Å². The van der Waals surface area contributed by atoms with Gasteiger partial charge in [0.15, 0.2) is 0 Å². The SMILES string of the molecule is NC(=O)[C@@H](Cc1ccc([N+](=O)[O-])cc1)NC(=O)c1ccccc1C(F)(F)F. The summed E-state index contributed by atoms with van der Waals surface area (Å²) >= 11 is 0. The Morgan fingerprint density at radius 3 is 2.22 bits per heavy atom. The molecule has 0 saturated heterocycles. The van der Waals surface area contributed by atoms with E-state index < -0.39 is 40.1 Å². The number of nitro groups is 1. The van der Waals surface area contributed by atoms with Gasteiger partial charge in [0, 0.05) is 18.6 Å². The van der Waals surface area contributed by atoms with Crippen molar-refractivity contribution in [2.75, 3.05) is 0 Å². The number of nitrogens with zero attached hydrogens (tertiary/aromatic N) is 1. The first-order chi connectivity index (χ1) is 12.6. The number of benzene rings is 2. The summed E-state index contributed by atoms with van der Waals surface area (Å²) in [7, 11) is 0. The van der Waals surface area contributed by atoms with Gasteiger partial charge in [0.2, 0.25) is 5.91 Å². The highest BCUT2D eigenvalue weighted by Gasteiger charge is 2.35. The Hall–Kier alpha value is -3.43. The van der Waals surface area contributed by atoms with Crippen molar-refractivity contribution in [3.05, 3.63) is 75.3 Å². The first-order valence-corrected chi connectivity index (χ1v) is 7.59. The first kappa shape index (κ1) is 19.9. The molecular weight excluding hydrogens is 367 g/mol. The van der Waals surface area contributed by atoms with Crippen molar-refractivity contribution in [1.29, 1.82) is 0 Å². The van der Waals surface area contributed by atoms with E-state index in [1.807, 2.05) is 0 Å². The van der Waals surface area contributed by atoms with Crippen molar-refractivity contribution in [3.63, 3.8) is 0 Å². The number of nitrogens with two attached hydrogens (primary N) is 1. The van der Waals surface area contributed by atoms with Crippen LogP contribution in [0, 0.1) is 10.1 Å². The van der Waals surface area contributed by atoms with E-state index in [-0.39, 0.29) is 12.1 Å². The number of primary amides is 1. The molecule has 0 saturated carbocycles. The molecule has 1 atom stereocenters. The number of hydrogen-bond acceptors (Lipinski definition) is 4. The number of carbonyl (C=O) groups is 2. The zero-order valence-corrected chi connectivity index (χ0v) is 13.7. The van der Waals surface area contributed by atoms with Crippen molar-refractivity contribution in [1.82, 2.24) is 5.32 Å². The normalized spacial score (nSPS) is 12.3. The molecule has 7 nitrogen and oxygen atoms in total. The fourth-order valence-electron chi connectivity index (χ4n) is 2.38. The van der Waals surface area contributed by atoms with E-state index in [0.717, 1.165) is 18.2 Å². The lowest BCUT2D eigenvalue weighted by Crippen LogP contribution is -2.46. The van der Waals surface area contributed by atoms with Gasteiger partial charge >= 0.3 is 6.18 Å². The second-order valence-electron chi connectivity index (χ2n) is 5.60. The van der Waals surface area contributed by atoms with Crippen LogP contribution in [0.3, 0.4) is 0 Å². The Labute approximate surface area is 151 Å². The fraction of sp³-hybridized carbons (Fsp3) is 0.176. The van der Waals surface area contributed by atoms with Gasteiger partial charge in [-0.2, -0.15) is 13.2 Å². The average Bonchev–Trinajstić information content (AvgIpc) is 2.60. The number of halogens is 3. The van der Waals surface area contributed by atoms with Gasteiger partial charge in [-0.25, -0.2) is 0 Å². The number of rotatable bonds is 6. The van der Waals surface area contributed by atoms with Crippen LogP contribution in [0.2, 0.25) is 0 Å². The van der Waals surface area contributed by atoms with Crippen LogP contribution in [0.5, 0.6) is 0 Å². The Morgan fingerprint density at radius 1 is 1.11 bits per heavy atom. The first-order valence-electron chi connectivity index (χ1n) is 7.59. The maximum Gasteiger partial charge on any atom is 0.417 e. The highest BCUT2D eigenvalue weighted by atomic mass is 19.4. The summed E-state index contributed by atoms with van der Waals surface area (Å²) in [6, 6.07) is 7.99. The molecule has 142 valence electrons. The van der Waals surface area contributed by atoms with Crippen LogP contribution in [0.15, 0.2) is 48.5 Å². The molecule has 0 unspecified atom stereocenters. The maximum atomic E-state index is 13.0. The number of nitrogens with one attached hydrogen (secondary N) is 1. The van der Waals surface area contributed by atoms with E-state index in [2.05, 4.69) is 5.32 Å². The molecule has 0 bridgehead atoms. The third-order valence-corrected chi connectivity index (χ3v) is 3.71. The molecule has 0 spiro atoms. The third kappa shape index (κ3) is 5.03. The predicted molar refractivity (Wildman–Crippen MR) is 88.7 cm³/mol. The highest BCUT2D eigenvalue weighted by Crippen LogP contribution is 2.31. The Bertz CT molecular complexity index is 866. The molecule has 27 heavy (non-hydrogen) atoms. The average molecular weight is 381 g/mol. The van der Waals surface area contributed by atoms with Crippen LogP contribution in [0.4, 0.5) is 18.9 Å². The van der Waals surface area contributed by atoms with Gasteiger partial charge in [-0.1, -0.05) is 24.3 Å². The molecule has 0 aliphatic heterocycles. The quantitative estimate of drug-likeness (QED) is 0.591. The third-order valence-electron chi connectivity index (χ3n) is 3.71. The Balaban J connectivity index is 2.20. The van der Waals surface area contributed by atoms with Gasteiger partial charge < -0.3 is 11.1 Å². The van der Waals surface area contributed by atoms with Crippen molar-refractivity contribution >= 4 is 17.5 Å². The monoisotopic (exact) mass is 381 g/mol. The summed E-state index contributed by atoms with van der Waals surface area (Å²) in [5, 5.41) is 12.8. The van der Waals surface area contributed by atoms with Gasteiger partial charge in [-0.05, 0) is 17.7 Å². The fourth-order valence-corrected chi connectivity index (χ4v) is 2.38. The van der Waals surface area contributed by atoms with Crippen LogP contribution in [-0.2, 0) is 17.4 Å².